The van der Waals surface area contributed by atoms with Crippen LogP contribution in [0.3, 0.4) is 0 Å². The summed E-state index contributed by atoms with van der Waals surface area (Å²) in [6.07, 6.45) is 7.89. The minimum absolute atomic E-state index is 0. The predicted molar refractivity (Wildman–Crippen MR) is 86.8 cm³/mol. The predicted octanol–water partition coefficient (Wildman–Crippen LogP) is 1.82. The number of halogens is 2. The molecule has 120 valence electrons. The monoisotopic (exact) mass is 334 g/mol. The lowest BCUT2D eigenvalue weighted by molar-refractivity contribution is -0.122. The second-order valence-corrected chi connectivity index (χ2v) is 6.03. The fourth-order valence-corrected chi connectivity index (χ4v) is 3.82. The van der Waals surface area contributed by atoms with E-state index in [4.69, 9.17) is 5.73 Å². The molecule has 7 heteroatoms. The van der Waals surface area contributed by atoms with Gasteiger partial charge in [0.05, 0.1) is 6.42 Å². The van der Waals surface area contributed by atoms with Gasteiger partial charge in [0.2, 0.25) is 5.91 Å². The van der Waals surface area contributed by atoms with Crippen molar-refractivity contribution in [3.8, 4) is 0 Å². The number of carbonyl (C=O) groups is 1. The minimum Gasteiger partial charge on any atom is -0.352 e. The van der Waals surface area contributed by atoms with Gasteiger partial charge in [-0.2, -0.15) is 5.10 Å². The number of hydrogen-bond donors (Lipinski definition) is 3. The van der Waals surface area contributed by atoms with E-state index in [9.17, 15) is 4.79 Å². The van der Waals surface area contributed by atoms with Gasteiger partial charge < -0.3 is 11.1 Å². The Morgan fingerprint density at radius 1 is 1.33 bits per heavy atom. The number of fused-ring (bicyclic) bond motifs is 2. The molecule has 0 saturated heterocycles. The van der Waals surface area contributed by atoms with E-state index in [0.717, 1.165) is 18.5 Å². The molecule has 0 aromatic carbocycles. The zero-order valence-electron chi connectivity index (χ0n) is 12.0. The number of carbonyl (C=O) groups excluding carboxylic acids is 1. The van der Waals surface area contributed by atoms with Gasteiger partial charge in [-0.3, -0.25) is 9.89 Å². The van der Waals surface area contributed by atoms with Crippen molar-refractivity contribution in [3.05, 3.63) is 18.0 Å². The molecular weight excluding hydrogens is 311 g/mol. The van der Waals surface area contributed by atoms with Crippen molar-refractivity contribution >= 4 is 30.7 Å². The third-order valence-corrected chi connectivity index (χ3v) is 4.61. The highest BCUT2D eigenvalue weighted by Crippen LogP contribution is 2.39. The Morgan fingerprint density at radius 2 is 2.00 bits per heavy atom. The second-order valence-electron chi connectivity index (χ2n) is 6.03. The molecule has 2 unspecified atom stereocenters. The molecule has 0 spiro atoms. The van der Waals surface area contributed by atoms with Crippen LogP contribution in [0.1, 0.15) is 37.8 Å². The summed E-state index contributed by atoms with van der Waals surface area (Å²) in [5.41, 5.74) is 6.97. The number of hydrogen-bond acceptors (Lipinski definition) is 3. The zero-order chi connectivity index (χ0) is 13.2. The largest absolute Gasteiger partial charge is 0.352 e. The summed E-state index contributed by atoms with van der Waals surface area (Å²) in [5, 5.41) is 9.94. The first kappa shape index (κ1) is 18.3. The van der Waals surface area contributed by atoms with Gasteiger partial charge in [0, 0.05) is 24.0 Å². The Morgan fingerprint density at radius 3 is 2.57 bits per heavy atom. The fraction of sp³-hybridized carbons (Fsp3) is 0.714. The number of rotatable bonds is 3. The standard InChI is InChI=1S/C14H22N4O.2ClH/c15-11-6-9-2-1-3-10(7-11)14(9)17-13(19)8-12-4-5-16-18-12;;/h4-5,9-11,14H,1-3,6-8,15H2,(H,16,18)(H,17,19);2*1H. The maximum absolute atomic E-state index is 12.1. The number of H-pyrrole nitrogens is 1. The van der Waals surface area contributed by atoms with Crippen LogP contribution < -0.4 is 11.1 Å². The molecule has 2 saturated carbocycles. The number of aromatic amines is 1. The number of nitrogens with one attached hydrogen (secondary N) is 2. The molecule has 21 heavy (non-hydrogen) atoms. The van der Waals surface area contributed by atoms with Crippen LogP contribution >= 0.6 is 24.8 Å². The maximum atomic E-state index is 12.1. The summed E-state index contributed by atoms with van der Waals surface area (Å²) in [7, 11) is 0. The second kappa shape index (κ2) is 8.01. The molecule has 2 bridgehead atoms. The van der Waals surface area contributed by atoms with E-state index in [1.807, 2.05) is 6.07 Å². The number of nitrogens with two attached hydrogens (primary N) is 1. The molecule has 1 heterocycles. The van der Waals surface area contributed by atoms with E-state index in [1.54, 1.807) is 6.20 Å². The number of nitrogens with zero attached hydrogens (tertiary/aromatic N) is 1. The normalized spacial score (nSPS) is 30.7. The van der Waals surface area contributed by atoms with Crippen LogP contribution in [0.15, 0.2) is 12.3 Å². The molecule has 1 aromatic heterocycles. The van der Waals surface area contributed by atoms with Crippen LogP contribution in [0.5, 0.6) is 0 Å². The Bertz CT molecular complexity index is 426. The number of aromatic nitrogens is 2. The first-order chi connectivity index (χ1) is 9.22. The topological polar surface area (TPSA) is 83.8 Å². The Labute approximate surface area is 137 Å². The smallest absolute Gasteiger partial charge is 0.226 e. The third-order valence-electron chi connectivity index (χ3n) is 4.61. The van der Waals surface area contributed by atoms with Crippen molar-refractivity contribution in [3.63, 3.8) is 0 Å². The van der Waals surface area contributed by atoms with E-state index in [1.165, 1.54) is 19.3 Å². The molecule has 1 amide bonds. The van der Waals surface area contributed by atoms with Gasteiger partial charge in [0.1, 0.15) is 0 Å². The number of amides is 1. The molecule has 2 aliphatic carbocycles. The fourth-order valence-electron chi connectivity index (χ4n) is 3.82. The molecule has 2 fully saturated rings. The lowest BCUT2D eigenvalue weighted by atomic mass is 9.67. The highest BCUT2D eigenvalue weighted by atomic mass is 35.5. The molecular formula is C14H24Cl2N4O. The van der Waals surface area contributed by atoms with Gasteiger partial charge >= 0.3 is 0 Å². The van der Waals surface area contributed by atoms with Crippen molar-refractivity contribution in [1.29, 1.82) is 0 Å². The van der Waals surface area contributed by atoms with E-state index in [2.05, 4.69) is 15.5 Å². The molecule has 0 aliphatic heterocycles. The summed E-state index contributed by atoms with van der Waals surface area (Å²) < 4.78 is 0. The summed E-state index contributed by atoms with van der Waals surface area (Å²) in [5.74, 6) is 1.25. The van der Waals surface area contributed by atoms with Gasteiger partial charge in [0.25, 0.3) is 0 Å². The van der Waals surface area contributed by atoms with Gasteiger partial charge in [-0.15, -0.1) is 24.8 Å². The van der Waals surface area contributed by atoms with E-state index < -0.39 is 0 Å². The van der Waals surface area contributed by atoms with Crippen molar-refractivity contribution in [2.45, 2.75) is 50.6 Å². The van der Waals surface area contributed by atoms with E-state index >= 15 is 0 Å². The Kier molecular flexibility index (Phi) is 6.97. The van der Waals surface area contributed by atoms with Crippen molar-refractivity contribution in [2.75, 3.05) is 0 Å². The van der Waals surface area contributed by atoms with Crippen LogP contribution in [0.25, 0.3) is 0 Å². The minimum atomic E-state index is 0. The van der Waals surface area contributed by atoms with Gasteiger partial charge in [0.15, 0.2) is 0 Å². The molecule has 1 aromatic rings. The van der Waals surface area contributed by atoms with Crippen molar-refractivity contribution < 1.29 is 4.79 Å². The van der Waals surface area contributed by atoms with E-state index in [-0.39, 0.29) is 30.7 Å². The van der Waals surface area contributed by atoms with Crippen LogP contribution in [-0.2, 0) is 11.2 Å². The molecule has 2 atom stereocenters. The average molecular weight is 335 g/mol. The van der Waals surface area contributed by atoms with Crippen LogP contribution in [0.2, 0.25) is 0 Å². The summed E-state index contributed by atoms with van der Waals surface area (Å²) in [6, 6.07) is 2.51. The van der Waals surface area contributed by atoms with Gasteiger partial charge in [-0.05, 0) is 43.6 Å². The maximum Gasteiger partial charge on any atom is 0.226 e. The lowest BCUT2D eigenvalue weighted by Crippen LogP contribution is -2.54. The Hall–Kier alpha value is -0.780. The summed E-state index contributed by atoms with van der Waals surface area (Å²) in [4.78, 5) is 12.1. The zero-order valence-corrected chi connectivity index (χ0v) is 13.6. The average Bonchev–Trinajstić information content (AvgIpc) is 2.83. The molecule has 2 aliphatic rings. The first-order valence-corrected chi connectivity index (χ1v) is 7.25. The molecule has 3 rings (SSSR count). The van der Waals surface area contributed by atoms with Crippen LogP contribution in [0.4, 0.5) is 0 Å². The SMILES string of the molecule is Cl.Cl.NC1CC2CCCC(C1)C2NC(=O)Cc1ccn[nH]1. The van der Waals surface area contributed by atoms with Crippen molar-refractivity contribution in [1.82, 2.24) is 15.5 Å². The summed E-state index contributed by atoms with van der Waals surface area (Å²) in [6.45, 7) is 0. The first-order valence-electron chi connectivity index (χ1n) is 7.25. The Balaban J connectivity index is 0.00000110. The highest BCUT2D eigenvalue weighted by molar-refractivity contribution is 5.85. The molecule has 4 N–H and O–H groups in total. The van der Waals surface area contributed by atoms with Crippen LogP contribution in [0, 0.1) is 11.8 Å². The van der Waals surface area contributed by atoms with Crippen LogP contribution in [-0.4, -0.2) is 28.2 Å². The van der Waals surface area contributed by atoms with E-state index in [0.29, 0.717) is 30.3 Å². The highest BCUT2D eigenvalue weighted by Gasteiger charge is 2.39. The lowest BCUT2D eigenvalue weighted by Gasteiger charge is -2.45. The van der Waals surface area contributed by atoms with Gasteiger partial charge in [-0.1, -0.05) is 6.42 Å². The van der Waals surface area contributed by atoms with Gasteiger partial charge in [-0.25, -0.2) is 0 Å². The van der Waals surface area contributed by atoms with Crippen molar-refractivity contribution in [2.24, 2.45) is 17.6 Å². The third kappa shape index (κ3) is 4.34. The molecule has 0 radical (unpaired) electrons. The molecule has 5 nitrogen and oxygen atoms in total. The quantitative estimate of drug-likeness (QED) is 0.788. The summed E-state index contributed by atoms with van der Waals surface area (Å²) >= 11 is 0.